The molecule has 0 spiro atoms. The summed E-state index contributed by atoms with van der Waals surface area (Å²) in [5.41, 5.74) is 0.418. The topological polar surface area (TPSA) is 58.7 Å². The minimum Gasteiger partial charge on any atom is -0.294 e. The van der Waals surface area contributed by atoms with Crippen LogP contribution < -0.4 is 5.56 Å². The van der Waals surface area contributed by atoms with Crippen LogP contribution in [0.2, 0.25) is 5.15 Å². The highest BCUT2D eigenvalue weighted by atomic mass is 127. The average Bonchev–Trinajstić information content (AvgIpc) is 2.39. The maximum absolute atomic E-state index is 13.3. The van der Waals surface area contributed by atoms with Gasteiger partial charge >= 0.3 is 0 Å². The molecule has 19 heavy (non-hydrogen) atoms. The lowest BCUT2D eigenvalue weighted by atomic mass is 10.1. The molecule has 96 valence electrons. The Bertz CT molecular complexity index is 739. The van der Waals surface area contributed by atoms with Crippen molar-refractivity contribution >= 4 is 34.2 Å². The van der Waals surface area contributed by atoms with Crippen LogP contribution in [-0.2, 0) is 6.54 Å². The van der Waals surface area contributed by atoms with Crippen LogP contribution in [0.1, 0.15) is 11.1 Å². The maximum atomic E-state index is 13.3. The van der Waals surface area contributed by atoms with Crippen molar-refractivity contribution < 1.29 is 4.39 Å². The average molecular weight is 390 g/mol. The third-order valence-electron chi connectivity index (χ3n) is 2.38. The Hall–Kier alpha value is -1.46. The lowest BCUT2D eigenvalue weighted by Gasteiger charge is -2.07. The van der Waals surface area contributed by atoms with Crippen molar-refractivity contribution in [1.29, 1.82) is 5.26 Å². The van der Waals surface area contributed by atoms with Crippen molar-refractivity contribution in [3.8, 4) is 6.07 Å². The summed E-state index contributed by atoms with van der Waals surface area (Å²) in [6, 6.07) is 5.80. The van der Waals surface area contributed by atoms with Crippen molar-refractivity contribution in [3.05, 3.63) is 60.5 Å². The molecular formula is C12H6ClFIN3O. The van der Waals surface area contributed by atoms with Gasteiger partial charge in [0, 0.05) is 0 Å². The molecule has 0 saturated carbocycles. The molecule has 0 aliphatic carbocycles. The van der Waals surface area contributed by atoms with E-state index in [0.29, 0.717) is 9.13 Å². The number of rotatable bonds is 2. The van der Waals surface area contributed by atoms with Gasteiger partial charge in [0.2, 0.25) is 0 Å². The van der Waals surface area contributed by atoms with Gasteiger partial charge in [0.15, 0.2) is 0 Å². The SMILES string of the molecule is N#Cc1cc(F)cc(Cn2cnc(Cl)c(I)c2=O)c1. The fourth-order valence-corrected chi connectivity index (χ4v) is 2.13. The van der Waals surface area contributed by atoms with E-state index in [9.17, 15) is 9.18 Å². The van der Waals surface area contributed by atoms with E-state index < -0.39 is 5.82 Å². The molecule has 2 rings (SSSR count). The van der Waals surface area contributed by atoms with E-state index in [0.717, 1.165) is 6.07 Å². The van der Waals surface area contributed by atoms with Gasteiger partial charge in [-0.15, -0.1) is 0 Å². The fourth-order valence-electron chi connectivity index (χ4n) is 1.56. The molecule has 0 N–H and O–H groups in total. The number of hydrogen-bond acceptors (Lipinski definition) is 3. The Kier molecular flexibility index (Phi) is 4.17. The molecule has 0 fully saturated rings. The molecule has 0 aliphatic heterocycles. The van der Waals surface area contributed by atoms with E-state index >= 15 is 0 Å². The minimum absolute atomic E-state index is 0.130. The molecule has 0 amide bonds. The lowest BCUT2D eigenvalue weighted by molar-refractivity contribution is 0.621. The molecule has 0 aliphatic rings. The quantitative estimate of drug-likeness (QED) is 0.586. The van der Waals surface area contributed by atoms with E-state index in [2.05, 4.69) is 4.98 Å². The number of aromatic nitrogens is 2. The molecule has 1 heterocycles. The third kappa shape index (κ3) is 3.11. The molecule has 0 atom stereocenters. The van der Waals surface area contributed by atoms with Crippen LogP contribution in [0, 0.1) is 20.7 Å². The summed E-state index contributed by atoms with van der Waals surface area (Å²) in [7, 11) is 0. The summed E-state index contributed by atoms with van der Waals surface area (Å²) in [5.74, 6) is -0.515. The van der Waals surface area contributed by atoms with Crippen molar-refractivity contribution in [3.63, 3.8) is 0 Å². The van der Waals surface area contributed by atoms with E-state index in [1.165, 1.54) is 23.0 Å². The van der Waals surface area contributed by atoms with Crippen molar-refractivity contribution in [2.75, 3.05) is 0 Å². The van der Waals surface area contributed by atoms with Crippen molar-refractivity contribution in [1.82, 2.24) is 9.55 Å². The van der Waals surface area contributed by atoms with Gasteiger partial charge in [-0.05, 0) is 46.4 Å². The predicted octanol–water partition coefficient (Wildman–Crippen LogP) is 2.56. The van der Waals surface area contributed by atoms with Gasteiger partial charge in [0.1, 0.15) is 14.5 Å². The Balaban J connectivity index is 2.43. The van der Waals surface area contributed by atoms with Crippen LogP contribution >= 0.6 is 34.2 Å². The first kappa shape index (κ1) is 14.0. The van der Waals surface area contributed by atoms with Crippen LogP contribution in [0.3, 0.4) is 0 Å². The van der Waals surface area contributed by atoms with Crippen molar-refractivity contribution in [2.24, 2.45) is 0 Å². The number of halogens is 3. The second-order valence-electron chi connectivity index (χ2n) is 3.74. The number of nitriles is 1. The molecule has 2 aromatic rings. The smallest absolute Gasteiger partial charge is 0.268 e. The maximum Gasteiger partial charge on any atom is 0.268 e. The molecule has 0 radical (unpaired) electrons. The number of hydrogen-bond donors (Lipinski definition) is 0. The van der Waals surface area contributed by atoms with Gasteiger partial charge < -0.3 is 0 Å². The second-order valence-corrected chi connectivity index (χ2v) is 5.18. The molecule has 0 bridgehead atoms. The number of nitrogens with zero attached hydrogens (tertiary/aromatic N) is 3. The summed E-state index contributed by atoms with van der Waals surface area (Å²) >= 11 is 7.53. The van der Waals surface area contributed by atoms with Crippen LogP contribution in [0.25, 0.3) is 0 Å². The van der Waals surface area contributed by atoms with E-state index in [4.69, 9.17) is 16.9 Å². The summed E-state index contributed by atoms with van der Waals surface area (Å²) < 4.78 is 14.9. The first-order valence-electron chi connectivity index (χ1n) is 5.11. The van der Waals surface area contributed by atoms with E-state index in [-0.39, 0.29) is 22.8 Å². The Morgan fingerprint density at radius 2 is 2.21 bits per heavy atom. The first-order valence-corrected chi connectivity index (χ1v) is 6.57. The lowest BCUT2D eigenvalue weighted by Crippen LogP contribution is -2.23. The van der Waals surface area contributed by atoms with Gasteiger partial charge in [-0.25, -0.2) is 9.37 Å². The van der Waals surface area contributed by atoms with Gasteiger partial charge in [-0.2, -0.15) is 5.26 Å². The van der Waals surface area contributed by atoms with Crippen LogP contribution in [0.15, 0.2) is 29.3 Å². The molecule has 7 heteroatoms. The molecular weight excluding hydrogens is 384 g/mol. The van der Waals surface area contributed by atoms with Crippen molar-refractivity contribution in [2.45, 2.75) is 6.54 Å². The molecule has 4 nitrogen and oxygen atoms in total. The van der Waals surface area contributed by atoms with Crippen LogP contribution in [0.5, 0.6) is 0 Å². The zero-order valence-electron chi connectivity index (χ0n) is 9.40. The zero-order chi connectivity index (χ0) is 14.0. The highest BCUT2D eigenvalue weighted by Gasteiger charge is 2.08. The summed E-state index contributed by atoms with van der Waals surface area (Å²) in [6.45, 7) is 0.130. The van der Waals surface area contributed by atoms with Gasteiger partial charge in [-0.1, -0.05) is 11.6 Å². The summed E-state index contributed by atoms with van der Waals surface area (Å²) in [4.78, 5) is 15.8. The normalized spacial score (nSPS) is 10.2. The van der Waals surface area contributed by atoms with Crippen LogP contribution in [-0.4, -0.2) is 9.55 Å². The Labute approximate surface area is 126 Å². The molecule has 1 aromatic carbocycles. The monoisotopic (exact) mass is 389 g/mol. The standard InChI is InChI=1S/C12H6ClFIN3O/c13-11-10(15)12(19)18(6-17-11)5-8-1-7(4-16)2-9(14)3-8/h1-3,6H,5H2. The second kappa shape index (κ2) is 5.67. The first-order chi connectivity index (χ1) is 9.01. The molecule has 1 aromatic heterocycles. The van der Waals surface area contributed by atoms with E-state index in [1.807, 2.05) is 6.07 Å². The highest BCUT2D eigenvalue weighted by molar-refractivity contribution is 14.1. The Morgan fingerprint density at radius 3 is 2.89 bits per heavy atom. The summed E-state index contributed by atoms with van der Waals surface area (Å²) in [6.07, 6.45) is 1.30. The van der Waals surface area contributed by atoms with Gasteiger partial charge in [0.25, 0.3) is 5.56 Å². The van der Waals surface area contributed by atoms with Gasteiger partial charge in [-0.3, -0.25) is 9.36 Å². The van der Waals surface area contributed by atoms with E-state index in [1.54, 1.807) is 22.6 Å². The molecule has 0 saturated heterocycles. The molecule has 0 unspecified atom stereocenters. The fraction of sp³-hybridized carbons (Fsp3) is 0.0833. The zero-order valence-corrected chi connectivity index (χ0v) is 12.3. The van der Waals surface area contributed by atoms with Crippen LogP contribution in [0.4, 0.5) is 4.39 Å². The Morgan fingerprint density at radius 1 is 1.47 bits per heavy atom. The predicted molar refractivity (Wildman–Crippen MR) is 76.4 cm³/mol. The van der Waals surface area contributed by atoms with Gasteiger partial charge in [0.05, 0.1) is 24.5 Å². The largest absolute Gasteiger partial charge is 0.294 e. The number of benzene rings is 1. The third-order valence-corrected chi connectivity index (χ3v) is 3.96. The summed E-state index contributed by atoms with van der Waals surface area (Å²) in [5, 5.41) is 8.91. The highest BCUT2D eigenvalue weighted by Crippen LogP contribution is 2.12. The minimum atomic E-state index is -0.515.